The van der Waals surface area contributed by atoms with Gasteiger partial charge in [0.2, 0.25) is 0 Å². The van der Waals surface area contributed by atoms with Crippen LogP contribution in [0, 0.1) is 34.5 Å². The van der Waals surface area contributed by atoms with Gasteiger partial charge in [0.05, 0.1) is 11.5 Å². The minimum absolute atomic E-state index is 0.0106. The fourth-order valence-electron chi connectivity index (χ4n) is 8.38. The number of carbonyl (C=O) groups is 3. The molecule has 1 heterocycles. The Hall–Kier alpha value is -1.82. The lowest BCUT2D eigenvalue weighted by atomic mass is 9.46. The molecule has 4 aliphatic carbocycles. The van der Waals surface area contributed by atoms with Crippen LogP contribution in [0.3, 0.4) is 0 Å². The fraction of sp³-hybridized carbons (Fsp3) is 0.741. The molecule has 3 fully saturated rings. The molecule has 1 saturated heterocycles. The Morgan fingerprint density at radius 1 is 1.24 bits per heavy atom. The largest absolute Gasteiger partial charge is 0.458 e. The van der Waals surface area contributed by atoms with Crippen molar-refractivity contribution in [2.24, 2.45) is 34.5 Å². The van der Waals surface area contributed by atoms with Gasteiger partial charge in [-0.25, -0.2) is 4.39 Å². The highest BCUT2D eigenvalue weighted by Gasteiger charge is 2.78. The summed E-state index contributed by atoms with van der Waals surface area (Å²) in [7, 11) is 0. The van der Waals surface area contributed by atoms with Gasteiger partial charge < -0.3 is 9.47 Å². The van der Waals surface area contributed by atoms with Crippen molar-refractivity contribution in [3.05, 3.63) is 23.8 Å². The standard InChI is InChI=1S/C27H35FO5/c1-5-6-7-22(31)32-14-20(30)23-15(2)12-18-17-10-8-16-9-11-19(29)24-26(16,4)27(17,28)21(33-24)13-25(18,23)3/h8-9,11,15,17-18,21,23-24H,5-7,10,12-14H2,1-4H3/t15-,17+,18+,21+,23-,24-,25+,26+,27+/m1/s1. The number of ketones is 2. The molecular formula is C27H35FO5. The van der Waals surface area contributed by atoms with Crippen molar-refractivity contribution in [3.8, 4) is 0 Å². The summed E-state index contributed by atoms with van der Waals surface area (Å²) in [5.74, 6) is -1.11. The highest BCUT2D eigenvalue weighted by atomic mass is 19.1. The number of ether oxygens (including phenoxy) is 2. The van der Waals surface area contributed by atoms with E-state index in [0.29, 0.717) is 19.3 Å². The first-order chi connectivity index (χ1) is 15.6. The predicted molar refractivity (Wildman–Crippen MR) is 120 cm³/mol. The van der Waals surface area contributed by atoms with Crippen molar-refractivity contribution in [2.45, 2.75) is 84.1 Å². The fourth-order valence-corrected chi connectivity index (χ4v) is 8.38. The highest BCUT2D eigenvalue weighted by Crippen LogP contribution is 2.72. The molecule has 0 bridgehead atoms. The van der Waals surface area contributed by atoms with Crippen LogP contribution in [-0.4, -0.2) is 42.0 Å². The molecule has 180 valence electrons. The molecule has 0 aromatic carbocycles. The number of fused-ring (bicyclic) bond motifs is 2. The number of hydrogen-bond acceptors (Lipinski definition) is 5. The van der Waals surface area contributed by atoms with Crippen molar-refractivity contribution >= 4 is 17.5 Å². The lowest BCUT2D eigenvalue weighted by Crippen LogP contribution is -2.64. The molecule has 1 aliphatic heterocycles. The van der Waals surface area contributed by atoms with E-state index in [1.807, 2.05) is 13.8 Å². The maximum atomic E-state index is 17.3. The maximum absolute atomic E-state index is 17.3. The van der Waals surface area contributed by atoms with Crippen LogP contribution in [0.2, 0.25) is 0 Å². The third-order valence-corrected chi connectivity index (χ3v) is 9.83. The van der Waals surface area contributed by atoms with Gasteiger partial charge in [-0.2, -0.15) is 0 Å². The average Bonchev–Trinajstić information content (AvgIpc) is 3.16. The summed E-state index contributed by atoms with van der Waals surface area (Å²) in [6.07, 6.45) is 7.56. The van der Waals surface area contributed by atoms with Gasteiger partial charge in [-0.05, 0) is 61.5 Å². The number of esters is 1. The van der Waals surface area contributed by atoms with Crippen LogP contribution in [0.25, 0.3) is 0 Å². The van der Waals surface area contributed by atoms with Crippen LogP contribution in [0.4, 0.5) is 4.39 Å². The first-order valence-electron chi connectivity index (χ1n) is 12.5. The van der Waals surface area contributed by atoms with Crippen LogP contribution < -0.4 is 0 Å². The molecule has 0 aromatic rings. The van der Waals surface area contributed by atoms with E-state index in [2.05, 4.69) is 19.9 Å². The van der Waals surface area contributed by atoms with Crippen molar-refractivity contribution in [2.75, 3.05) is 6.61 Å². The third-order valence-electron chi connectivity index (χ3n) is 9.83. The molecule has 6 heteroatoms. The first-order valence-corrected chi connectivity index (χ1v) is 12.5. The van der Waals surface area contributed by atoms with Gasteiger partial charge in [-0.1, -0.05) is 39.3 Å². The van der Waals surface area contributed by atoms with E-state index in [0.717, 1.165) is 24.8 Å². The summed E-state index contributed by atoms with van der Waals surface area (Å²) in [5.41, 5.74) is -2.19. The third kappa shape index (κ3) is 2.88. The van der Waals surface area contributed by atoms with E-state index in [9.17, 15) is 14.4 Å². The summed E-state index contributed by atoms with van der Waals surface area (Å²) in [6.45, 7) is 7.80. The highest BCUT2D eigenvalue weighted by molar-refractivity contribution is 5.97. The SMILES string of the molecule is CCCCC(=O)OCC(=O)[C@H]1[C@H](C)C[C@H]2[C@@H]3CC=C4C=CC(=O)[C@H]5O[C@@H](C[C@@]21C)[C@]3(F)[C@@]45C. The summed E-state index contributed by atoms with van der Waals surface area (Å²) in [4.78, 5) is 38.0. The molecule has 5 rings (SSSR count). The zero-order chi connectivity index (χ0) is 23.8. The minimum Gasteiger partial charge on any atom is -0.458 e. The van der Waals surface area contributed by atoms with Crippen LogP contribution in [0.1, 0.15) is 66.2 Å². The van der Waals surface area contributed by atoms with Crippen LogP contribution >= 0.6 is 0 Å². The van der Waals surface area contributed by atoms with E-state index in [1.54, 1.807) is 6.08 Å². The van der Waals surface area contributed by atoms with Crippen molar-refractivity contribution in [1.82, 2.24) is 0 Å². The Morgan fingerprint density at radius 3 is 2.73 bits per heavy atom. The quantitative estimate of drug-likeness (QED) is 0.547. The Morgan fingerprint density at radius 2 is 2.00 bits per heavy atom. The molecule has 0 aromatic heterocycles. The van der Waals surface area contributed by atoms with Gasteiger partial charge in [-0.15, -0.1) is 0 Å². The molecule has 2 saturated carbocycles. The van der Waals surface area contributed by atoms with Gasteiger partial charge in [0.1, 0.15) is 12.7 Å². The summed E-state index contributed by atoms with van der Waals surface area (Å²) >= 11 is 0. The molecule has 0 amide bonds. The number of Topliss-reactive ketones (excluding diaryl/α,β-unsaturated/α-hetero) is 1. The van der Waals surface area contributed by atoms with E-state index in [4.69, 9.17) is 9.47 Å². The lowest BCUT2D eigenvalue weighted by Gasteiger charge is -2.58. The number of halogens is 1. The van der Waals surface area contributed by atoms with E-state index < -0.39 is 28.7 Å². The van der Waals surface area contributed by atoms with Crippen molar-refractivity contribution < 1.29 is 28.2 Å². The lowest BCUT2D eigenvalue weighted by molar-refractivity contribution is -0.160. The smallest absolute Gasteiger partial charge is 0.306 e. The molecule has 0 radical (unpaired) electrons. The minimum atomic E-state index is -1.63. The number of hydrogen-bond donors (Lipinski definition) is 0. The Bertz CT molecular complexity index is 954. The van der Waals surface area contributed by atoms with Crippen LogP contribution in [0.15, 0.2) is 23.8 Å². The summed E-state index contributed by atoms with van der Waals surface area (Å²) in [6, 6.07) is 0. The summed E-state index contributed by atoms with van der Waals surface area (Å²) in [5, 5.41) is 0. The second kappa shape index (κ2) is 7.59. The second-order valence-corrected chi connectivity index (χ2v) is 11.5. The van der Waals surface area contributed by atoms with Crippen LogP contribution in [-0.2, 0) is 23.9 Å². The number of alkyl halides is 1. The monoisotopic (exact) mass is 458 g/mol. The van der Waals surface area contributed by atoms with E-state index >= 15 is 4.39 Å². The zero-order valence-corrected chi connectivity index (χ0v) is 20.1. The topological polar surface area (TPSA) is 69.7 Å². The average molecular weight is 459 g/mol. The molecule has 5 nitrogen and oxygen atoms in total. The molecule has 0 unspecified atom stereocenters. The van der Waals surface area contributed by atoms with E-state index in [1.165, 1.54) is 6.08 Å². The second-order valence-electron chi connectivity index (χ2n) is 11.5. The zero-order valence-electron chi connectivity index (χ0n) is 20.1. The van der Waals surface area contributed by atoms with Crippen molar-refractivity contribution in [1.29, 1.82) is 0 Å². The summed E-state index contributed by atoms with van der Waals surface area (Å²) < 4.78 is 28.8. The van der Waals surface area contributed by atoms with Crippen molar-refractivity contribution in [3.63, 3.8) is 0 Å². The molecule has 0 spiro atoms. The maximum Gasteiger partial charge on any atom is 0.306 e. The Kier molecular flexibility index (Phi) is 5.28. The van der Waals surface area contributed by atoms with Gasteiger partial charge in [-0.3, -0.25) is 14.4 Å². The van der Waals surface area contributed by atoms with E-state index in [-0.39, 0.29) is 47.8 Å². The van der Waals surface area contributed by atoms with Crippen LogP contribution in [0.5, 0.6) is 0 Å². The number of unbranched alkanes of at least 4 members (excludes halogenated alkanes) is 1. The number of rotatable bonds is 6. The van der Waals surface area contributed by atoms with Gasteiger partial charge in [0.25, 0.3) is 0 Å². The Balaban J connectivity index is 1.44. The number of carbonyl (C=O) groups excluding carboxylic acids is 3. The molecule has 0 N–H and O–H groups in total. The van der Waals surface area contributed by atoms with Gasteiger partial charge in [0, 0.05) is 18.3 Å². The molecule has 5 aliphatic rings. The molecule has 33 heavy (non-hydrogen) atoms. The number of allylic oxidation sites excluding steroid dienone is 2. The molecular weight excluding hydrogens is 423 g/mol. The first kappa shape index (κ1) is 22.9. The molecule has 9 atom stereocenters. The normalized spacial score (nSPS) is 47.1. The van der Waals surface area contributed by atoms with Gasteiger partial charge >= 0.3 is 5.97 Å². The van der Waals surface area contributed by atoms with Gasteiger partial charge in [0.15, 0.2) is 17.2 Å². The Labute approximate surface area is 195 Å². The predicted octanol–water partition coefficient (Wildman–Crippen LogP) is 4.54.